The van der Waals surface area contributed by atoms with E-state index in [0.717, 1.165) is 13.0 Å². The monoisotopic (exact) mass is 249 g/mol. The van der Waals surface area contributed by atoms with Crippen LogP contribution in [0.1, 0.15) is 38.3 Å². The molecular weight excluding hydrogens is 222 g/mol. The molecule has 102 valence electrons. The van der Waals surface area contributed by atoms with Gasteiger partial charge in [-0.2, -0.15) is 0 Å². The lowest BCUT2D eigenvalue weighted by Crippen LogP contribution is -2.38. The van der Waals surface area contributed by atoms with E-state index in [1.807, 2.05) is 0 Å². The lowest BCUT2D eigenvalue weighted by Gasteiger charge is -2.19. The Bertz CT molecular complexity index is 318. The van der Waals surface area contributed by atoms with E-state index in [1.54, 1.807) is 0 Å². The highest BCUT2D eigenvalue weighted by atomic mass is 16.3. The smallest absolute Gasteiger partial charge is 0.0587 e. The lowest BCUT2D eigenvalue weighted by molar-refractivity contribution is 0.212. The van der Waals surface area contributed by atoms with Gasteiger partial charge in [-0.1, -0.05) is 51.5 Å². The van der Waals surface area contributed by atoms with Crippen molar-refractivity contribution in [2.75, 3.05) is 13.2 Å². The fourth-order valence-corrected chi connectivity index (χ4v) is 2.07. The molecule has 0 aliphatic rings. The van der Waals surface area contributed by atoms with Crippen LogP contribution in [0, 0.1) is 5.92 Å². The van der Waals surface area contributed by atoms with Crippen LogP contribution in [0.2, 0.25) is 0 Å². The van der Waals surface area contributed by atoms with Gasteiger partial charge in [0.2, 0.25) is 0 Å². The number of hydrogen-bond donors (Lipinski definition) is 2. The number of benzene rings is 1. The summed E-state index contributed by atoms with van der Waals surface area (Å²) >= 11 is 0. The van der Waals surface area contributed by atoms with Crippen LogP contribution in [0.25, 0.3) is 0 Å². The SMILES string of the molecule is CCCc1ccc(CCNC(CO)C(C)C)cc1. The van der Waals surface area contributed by atoms with Gasteiger partial charge in [0.05, 0.1) is 6.61 Å². The summed E-state index contributed by atoms with van der Waals surface area (Å²) in [5, 5.41) is 12.6. The van der Waals surface area contributed by atoms with Gasteiger partial charge >= 0.3 is 0 Å². The van der Waals surface area contributed by atoms with Crippen molar-refractivity contribution in [1.29, 1.82) is 0 Å². The number of aryl methyl sites for hydroxylation is 1. The van der Waals surface area contributed by atoms with Crippen molar-refractivity contribution in [3.05, 3.63) is 35.4 Å². The zero-order chi connectivity index (χ0) is 13.4. The molecule has 0 heterocycles. The number of hydrogen-bond acceptors (Lipinski definition) is 2. The van der Waals surface area contributed by atoms with Gasteiger partial charge in [-0.15, -0.1) is 0 Å². The van der Waals surface area contributed by atoms with Crippen LogP contribution < -0.4 is 5.32 Å². The normalized spacial score (nSPS) is 12.9. The number of aliphatic hydroxyl groups excluding tert-OH is 1. The molecule has 0 fully saturated rings. The zero-order valence-corrected chi connectivity index (χ0v) is 11.9. The molecule has 2 N–H and O–H groups in total. The van der Waals surface area contributed by atoms with E-state index in [-0.39, 0.29) is 12.6 Å². The molecule has 0 aromatic heterocycles. The fourth-order valence-electron chi connectivity index (χ4n) is 2.07. The average Bonchev–Trinajstić information content (AvgIpc) is 2.36. The van der Waals surface area contributed by atoms with Crippen molar-refractivity contribution in [2.24, 2.45) is 5.92 Å². The summed E-state index contributed by atoms with van der Waals surface area (Å²) in [4.78, 5) is 0. The minimum atomic E-state index is 0.212. The van der Waals surface area contributed by atoms with Gasteiger partial charge in [0.25, 0.3) is 0 Å². The predicted molar refractivity (Wildman–Crippen MR) is 77.9 cm³/mol. The molecule has 1 aromatic rings. The Labute approximate surface area is 111 Å². The standard InChI is InChI=1S/C16H27NO/c1-4-5-14-6-8-15(9-7-14)10-11-17-16(12-18)13(2)3/h6-9,13,16-18H,4-5,10-12H2,1-3H3. The quantitative estimate of drug-likeness (QED) is 0.742. The lowest BCUT2D eigenvalue weighted by atomic mass is 10.0. The number of aliphatic hydroxyl groups is 1. The van der Waals surface area contributed by atoms with Crippen molar-refractivity contribution in [2.45, 2.75) is 46.1 Å². The van der Waals surface area contributed by atoms with Crippen LogP contribution >= 0.6 is 0 Å². The summed E-state index contributed by atoms with van der Waals surface area (Å²) in [6.07, 6.45) is 3.39. The largest absolute Gasteiger partial charge is 0.395 e. The second-order valence-electron chi connectivity index (χ2n) is 5.30. The third kappa shape index (κ3) is 5.19. The predicted octanol–water partition coefficient (Wildman–Crippen LogP) is 2.79. The van der Waals surface area contributed by atoms with Gasteiger partial charge in [0.15, 0.2) is 0 Å². The molecule has 0 amide bonds. The fraction of sp³-hybridized carbons (Fsp3) is 0.625. The van der Waals surface area contributed by atoms with Crippen molar-refractivity contribution < 1.29 is 5.11 Å². The van der Waals surface area contributed by atoms with Crippen LogP contribution in [0.4, 0.5) is 0 Å². The highest BCUT2D eigenvalue weighted by molar-refractivity contribution is 5.22. The summed E-state index contributed by atoms with van der Waals surface area (Å²) in [5.74, 6) is 0.474. The summed E-state index contributed by atoms with van der Waals surface area (Å²) in [6.45, 7) is 7.61. The molecule has 0 radical (unpaired) electrons. The van der Waals surface area contributed by atoms with Gasteiger partial charge in [0, 0.05) is 6.04 Å². The molecule has 1 rings (SSSR count). The van der Waals surface area contributed by atoms with Gasteiger partial charge in [-0.3, -0.25) is 0 Å². The molecule has 1 unspecified atom stereocenters. The third-order valence-electron chi connectivity index (χ3n) is 3.38. The molecule has 0 bridgehead atoms. The van der Waals surface area contributed by atoms with E-state index in [4.69, 9.17) is 0 Å². The van der Waals surface area contributed by atoms with Crippen LogP contribution in [-0.4, -0.2) is 24.3 Å². The van der Waals surface area contributed by atoms with Crippen molar-refractivity contribution >= 4 is 0 Å². The molecule has 1 atom stereocenters. The van der Waals surface area contributed by atoms with Crippen molar-refractivity contribution in [1.82, 2.24) is 5.32 Å². The number of nitrogens with one attached hydrogen (secondary N) is 1. The summed E-state index contributed by atoms with van der Waals surface area (Å²) in [7, 11) is 0. The Morgan fingerprint density at radius 3 is 2.06 bits per heavy atom. The first-order valence-corrected chi connectivity index (χ1v) is 7.09. The van der Waals surface area contributed by atoms with Crippen molar-refractivity contribution in [3.63, 3.8) is 0 Å². The molecule has 0 aliphatic heterocycles. The summed E-state index contributed by atoms with van der Waals surface area (Å²) in [5.41, 5.74) is 2.78. The molecule has 1 aromatic carbocycles. The topological polar surface area (TPSA) is 32.3 Å². The summed E-state index contributed by atoms with van der Waals surface area (Å²) < 4.78 is 0. The van der Waals surface area contributed by atoms with E-state index in [9.17, 15) is 5.11 Å². The van der Waals surface area contributed by atoms with Gasteiger partial charge in [0.1, 0.15) is 0 Å². The molecular formula is C16H27NO. The maximum absolute atomic E-state index is 9.23. The van der Waals surface area contributed by atoms with E-state index in [0.29, 0.717) is 5.92 Å². The van der Waals surface area contributed by atoms with Gasteiger partial charge < -0.3 is 10.4 Å². The van der Waals surface area contributed by atoms with E-state index in [1.165, 1.54) is 24.0 Å². The molecule has 0 aliphatic carbocycles. The second-order valence-corrected chi connectivity index (χ2v) is 5.30. The Balaban J connectivity index is 2.34. The maximum atomic E-state index is 9.23. The minimum absolute atomic E-state index is 0.212. The first-order chi connectivity index (χ1) is 8.67. The second kappa shape index (κ2) is 8.28. The maximum Gasteiger partial charge on any atom is 0.0587 e. The third-order valence-corrected chi connectivity index (χ3v) is 3.38. The first-order valence-electron chi connectivity index (χ1n) is 7.09. The molecule has 0 spiro atoms. The van der Waals surface area contributed by atoms with Crippen LogP contribution in [0.15, 0.2) is 24.3 Å². The first kappa shape index (κ1) is 15.2. The van der Waals surface area contributed by atoms with E-state index in [2.05, 4.69) is 50.4 Å². The Morgan fingerprint density at radius 1 is 1.06 bits per heavy atom. The van der Waals surface area contributed by atoms with Crippen molar-refractivity contribution in [3.8, 4) is 0 Å². The van der Waals surface area contributed by atoms with Gasteiger partial charge in [-0.05, 0) is 36.4 Å². The summed E-state index contributed by atoms with van der Waals surface area (Å²) in [6, 6.07) is 9.10. The molecule has 18 heavy (non-hydrogen) atoms. The number of rotatable bonds is 8. The zero-order valence-electron chi connectivity index (χ0n) is 11.9. The van der Waals surface area contributed by atoms with Gasteiger partial charge in [-0.25, -0.2) is 0 Å². The van der Waals surface area contributed by atoms with Crippen LogP contribution in [-0.2, 0) is 12.8 Å². The Hall–Kier alpha value is -0.860. The molecule has 0 saturated carbocycles. The van der Waals surface area contributed by atoms with E-state index < -0.39 is 0 Å². The van der Waals surface area contributed by atoms with E-state index >= 15 is 0 Å². The van der Waals surface area contributed by atoms with Crippen LogP contribution in [0.3, 0.4) is 0 Å². The molecule has 0 saturated heterocycles. The molecule has 2 nitrogen and oxygen atoms in total. The minimum Gasteiger partial charge on any atom is -0.395 e. The Morgan fingerprint density at radius 2 is 1.61 bits per heavy atom. The highest BCUT2D eigenvalue weighted by Crippen LogP contribution is 2.07. The highest BCUT2D eigenvalue weighted by Gasteiger charge is 2.10. The average molecular weight is 249 g/mol. The Kier molecular flexibility index (Phi) is 6.99. The molecule has 2 heteroatoms. The van der Waals surface area contributed by atoms with Crippen LogP contribution in [0.5, 0.6) is 0 Å².